The first-order valence-electron chi connectivity index (χ1n) is 8.53. The van der Waals surface area contributed by atoms with Crippen molar-refractivity contribution in [3.63, 3.8) is 0 Å². The average Bonchev–Trinajstić information content (AvgIpc) is 2.49. The molecule has 0 radical (unpaired) electrons. The molecule has 21 heavy (non-hydrogen) atoms. The number of rotatable bonds is 10. The van der Waals surface area contributed by atoms with Gasteiger partial charge in [0.25, 0.3) is 0 Å². The highest BCUT2D eigenvalue weighted by molar-refractivity contribution is 5.46. The molecule has 0 atom stereocenters. The van der Waals surface area contributed by atoms with Crippen LogP contribution >= 0.6 is 0 Å². The van der Waals surface area contributed by atoms with E-state index in [0.717, 1.165) is 18.8 Å². The Balaban J connectivity index is 2.50. The van der Waals surface area contributed by atoms with Crippen molar-refractivity contribution in [3.05, 3.63) is 41.0 Å². The SMILES string of the molecule is CC=CCc1ccc(C)c(C)c1OCCCCCCCC. The van der Waals surface area contributed by atoms with Crippen molar-refractivity contribution >= 4 is 0 Å². The third-order valence-electron chi connectivity index (χ3n) is 4.08. The summed E-state index contributed by atoms with van der Waals surface area (Å²) in [5, 5.41) is 0. The van der Waals surface area contributed by atoms with Crippen molar-refractivity contribution in [1.29, 1.82) is 0 Å². The molecule has 1 aromatic rings. The van der Waals surface area contributed by atoms with Crippen LogP contribution in [-0.4, -0.2) is 6.61 Å². The Kier molecular flexibility index (Phi) is 8.89. The van der Waals surface area contributed by atoms with E-state index in [1.807, 2.05) is 0 Å². The zero-order valence-electron chi connectivity index (χ0n) is 14.4. The molecule has 0 amide bonds. The van der Waals surface area contributed by atoms with Gasteiger partial charge in [0.2, 0.25) is 0 Å². The number of aryl methyl sites for hydroxylation is 1. The minimum absolute atomic E-state index is 0.846. The first-order valence-corrected chi connectivity index (χ1v) is 8.53. The van der Waals surface area contributed by atoms with Crippen molar-refractivity contribution in [2.75, 3.05) is 6.61 Å². The minimum atomic E-state index is 0.846. The van der Waals surface area contributed by atoms with Gasteiger partial charge >= 0.3 is 0 Å². The fraction of sp³-hybridized carbons (Fsp3) is 0.600. The van der Waals surface area contributed by atoms with Crippen LogP contribution < -0.4 is 4.74 Å². The van der Waals surface area contributed by atoms with Gasteiger partial charge in [0.05, 0.1) is 6.61 Å². The van der Waals surface area contributed by atoms with E-state index >= 15 is 0 Å². The second-order valence-corrected chi connectivity index (χ2v) is 5.89. The van der Waals surface area contributed by atoms with Gasteiger partial charge in [-0.25, -0.2) is 0 Å². The molecule has 1 nitrogen and oxygen atoms in total. The highest BCUT2D eigenvalue weighted by atomic mass is 16.5. The highest BCUT2D eigenvalue weighted by Crippen LogP contribution is 2.27. The Morgan fingerprint density at radius 1 is 1.00 bits per heavy atom. The molecule has 0 aliphatic carbocycles. The lowest BCUT2D eigenvalue weighted by atomic mass is 10.0. The second-order valence-electron chi connectivity index (χ2n) is 5.89. The highest BCUT2D eigenvalue weighted by Gasteiger charge is 2.08. The fourth-order valence-corrected chi connectivity index (χ4v) is 2.51. The summed E-state index contributed by atoms with van der Waals surface area (Å²) in [6, 6.07) is 4.41. The van der Waals surface area contributed by atoms with Crippen LogP contribution in [0.25, 0.3) is 0 Å². The maximum atomic E-state index is 6.12. The van der Waals surface area contributed by atoms with E-state index in [2.05, 4.69) is 52.0 Å². The Labute approximate surface area is 131 Å². The summed E-state index contributed by atoms with van der Waals surface area (Å²) in [7, 11) is 0. The van der Waals surface area contributed by atoms with Gasteiger partial charge in [0, 0.05) is 0 Å². The average molecular weight is 288 g/mol. The van der Waals surface area contributed by atoms with Crippen LogP contribution in [0.5, 0.6) is 5.75 Å². The van der Waals surface area contributed by atoms with Gasteiger partial charge in [0.15, 0.2) is 0 Å². The standard InChI is InChI=1S/C20H32O/c1-5-7-9-10-11-12-16-21-20-18(4)17(3)14-15-19(20)13-8-6-2/h6,8,14-15H,5,7,9-13,16H2,1-4H3. The molecule has 0 aliphatic heterocycles. The van der Waals surface area contributed by atoms with Gasteiger partial charge in [-0.1, -0.05) is 63.3 Å². The molecule has 0 heterocycles. The molecule has 118 valence electrons. The van der Waals surface area contributed by atoms with E-state index < -0.39 is 0 Å². The molecule has 1 rings (SSSR count). The normalized spacial score (nSPS) is 11.2. The van der Waals surface area contributed by atoms with E-state index in [0.29, 0.717) is 0 Å². The molecule has 0 N–H and O–H groups in total. The third-order valence-corrected chi connectivity index (χ3v) is 4.08. The van der Waals surface area contributed by atoms with Crippen molar-refractivity contribution in [3.8, 4) is 5.75 Å². The summed E-state index contributed by atoms with van der Waals surface area (Å²) >= 11 is 0. The third kappa shape index (κ3) is 6.37. The van der Waals surface area contributed by atoms with Gasteiger partial charge in [-0.2, -0.15) is 0 Å². The van der Waals surface area contributed by atoms with E-state index in [-0.39, 0.29) is 0 Å². The molecule has 0 unspecified atom stereocenters. The van der Waals surface area contributed by atoms with Gasteiger partial charge in [-0.05, 0) is 50.3 Å². The number of ether oxygens (including phenoxy) is 1. The second kappa shape index (κ2) is 10.5. The molecular weight excluding hydrogens is 256 g/mol. The van der Waals surface area contributed by atoms with Crippen LogP contribution in [-0.2, 0) is 6.42 Å². The zero-order chi connectivity index (χ0) is 15.5. The molecule has 0 fully saturated rings. The van der Waals surface area contributed by atoms with Crippen LogP contribution in [0.3, 0.4) is 0 Å². The lowest BCUT2D eigenvalue weighted by Gasteiger charge is -2.15. The van der Waals surface area contributed by atoms with Crippen LogP contribution in [0, 0.1) is 13.8 Å². The molecular formula is C20H32O. The molecule has 1 heteroatoms. The smallest absolute Gasteiger partial charge is 0.125 e. The molecule has 0 bridgehead atoms. The van der Waals surface area contributed by atoms with E-state index in [1.165, 1.54) is 55.2 Å². The maximum absolute atomic E-state index is 6.12. The zero-order valence-corrected chi connectivity index (χ0v) is 14.4. The molecule has 0 saturated carbocycles. The predicted molar refractivity (Wildman–Crippen MR) is 93.3 cm³/mol. The lowest BCUT2D eigenvalue weighted by molar-refractivity contribution is 0.300. The predicted octanol–water partition coefficient (Wildman–Crippen LogP) is 6.16. The van der Waals surface area contributed by atoms with Crippen molar-refractivity contribution < 1.29 is 4.74 Å². The van der Waals surface area contributed by atoms with Gasteiger partial charge in [-0.15, -0.1) is 0 Å². The van der Waals surface area contributed by atoms with Gasteiger partial charge < -0.3 is 4.74 Å². The Morgan fingerprint density at radius 2 is 1.71 bits per heavy atom. The Bertz CT molecular complexity index is 432. The number of benzene rings is 1. The Hall–Kier alpha value is -1.24. The number of unbranched alkanes of at least 4 members (excludes halogenated alkanes) is 5. The van der Waals surface area contributed by atoms with Crippen molar-refractivity contribution in [2.45, 2.75) is 72.6 Å². The molecule has 0 aliphatic rings. The van der Waals surface area contributed by atoms with Crippen LogP contribution in [0.2, 0.25) is 0 Å². The van der Waals surface area contributed by atoms with E-state index in [1.54, 1.807) is 0 Å². The van der Waals surface area contributed by atoms with Crippen LogP contribution in [0.4, 0.5) is 0 Å². The summed E-state index contributed by atoms with van der Waals surface area (Å²) in [5.74, 6) is 1.11. The van der Waals surface area contributed by atoms with Crippen LogP contribution in [0.15, 0.2) is 24.3 Å². The molecule has 0 spiro atoms. The monoisotopic (exact) mass is 288 g/mol. The first-order chi connectivity index (χ1) is 10.2. The topological polar surface area (TPSA) is 9.23 Å². The quantitative estimate of drug-likeness (QED) is 0.370. The maximum Gasteiger partial charge on any atom is 0.125 e. The summed E-state index contributed by atoms with van der Waals surface area (Å²) in [6.07, 6.45) is 13.1. The van der Waals surface area contributed by atoms with E-state index in [4.69, 9.17) is 4.74 Å². The van der Waals surface area contributed by atoms with Gasteiger partial charge in [0.1, 0.15) is 5.75 Å². The lowest BCUT2D eigenvalue weighted by Crippen LogP contribution is -2.03. The fourth-order valence-electron chi connectivity index (χ4n) is 2.51. The number of hydrogen-bond acceptors (Lipinski definition) is 1. The van der Waals surface area contributed by atoms with Crippen molar-refractivity contribution in [2.24, 2.45) is 0 Å². The minimum Gasteiger partial charge on any atom is -0.493 e. The number of hydrogen-bond donors (Lipinski definition) is 0. The summed E-state index contributed by atoms with van der Waals surface area (Å²) in [6.45, 7) is 9.50. The molecule has 1 aromatic carbocycles. The Morgan fingerprint density at radius 3 is 2.43 bits per heavy atom. The van der Waals surface area contributed by atoms with E-state index in [9.17, 15) is 0 Å². The molecule has 0 saturated heterocycles. The largest absolute Gasteiger partial charge is 0.493 e. The van der Waals surface area contributed by atoms with Crippen LogP contribution in [0.1, 0.15) is 69.1 Å². The molecule has 0 aromatic heterocycles. The van der Waals surface area contributed by atoms with Gasteiger partial charge in [-0.3, -0.25) is 0 Å². The summed E-state index contributed by atoms with van der Waals surface area (Å²) in [5.41, 5.74) is 3.92. The summed E-state index contributed by atoms with van der Waals surface area (Å²) in [4.78, 5) is 0. The first kappa shape index (κ1) is 17.8. The van der Waals surface area contributed by atoms with Crippen molar-refractivity contribution in [1.82, 2.24) is 0 Å². The summed E-state index contributed by atoms with van der Waals surface area (Å²) < 4.78 is 6.12. The number of allylic oxidation sites excluding steroid dienone is 2.